The maximum atomic E-state index is 12.5. The van der Waals surface area contributed by atoms with Gasteiger partial charge in [0.05, 0.1) is 5.69 Å². The Bertz CT molecular complexity index is 494. The number of rotatable bonds is 2. The van der Waals surface area contributed by atoms with Gasteiger partial charge < -0.3 is 14.7 Å². The highest BCUT2D eigenvalue weighted by molar-refractivity contribution is 5.95. The van der Waals surface area contributed by atoms with Crippen LogP contribution in [-0.2, 0) is 16.0 Å². The molecule has 0 unspecified atom stereocenters. The minimum Gasteiger partial charge on any atom is -0.508 e. The van der Waals surface area contributed by atoms with Crippen molar-refractivity contribution in [3.8, 4) is 5.75 Å². The van der Waals surface area contributed by atoms with Crippen molar-refractivity contribution in [3.05, 3.63) is 23.8 Å². The molecule has 1 amide bonds. The molecule has 0 bridgehead atoms. The number of carbonyl (C=O) groups is 1. The summed E-state index contributed by atoms with van der Waals surface area (Å²) in [6.45, 7) is 2.31. The van der Waals surface area contributed by atoms with Crippen LogP contribution < -0.4 is 4.90 Å². The zero-order chi connectivity index (χ0) is 13.9. The molecular weight excluding hydrogens is 254 g/mol. The van der Waals surface area contributed by atoms with E-state index >= 15 is 0 Å². The van der Waals surface area contributed by atoms with Gasteiger partial charge in [0.15, 0.2) is 0 Å². The summed E-state index contributed by atoms with van der Waals surface area (Å²) in [6, 6.07) is 5.35. The van der Waals surface area contributed by atoms with Gasteiger partial charge in [0.1, 0.15) is 5.75 Å². The fourth-order valence-corrected chi connectivity index (χ4v) is 3.13. The highest BCUT2D eigenvalue weighted by Crippen LogP contribution is 2.32. The van der Waals surface area contributed by atoms with Crippen molar-refractivity contribution in [1.29, 1.82) is 0 Å². The van der Waals surface area contributed by atoms with Crippen LogP contribution in [0.5, 0.6) is 5.75 Å². The Balaban J connectivity index is 1.74. The van der Waals surface area contributed by atoms with Crippen molar-refractivity contribution in [2.45, 2.75) is 32.1 Å². The SMILES string of the molecule is O=C(CC1CCOCC1)N1CCCc2ccc(O)cc21. The molecule has 2 aliphatic heterocycles. The molecule has 4 heteroatoms. The second-order valence-corrected chi connectivity index (χ2v) is 5.72. The van der Waals surface area contributed by atoms with E-state index in [1.165, 1.54) is 0 Å². The predicted molar refractivity (Wildman–Crippen MR) is 76.9 cm³/mol. The van der Waals surface area contributed by atoms with Gasteiger partial charge in [-0.2, -0.15) is 0 Å². The summed E-state index contributed by atoms with van der Waals surface area (Å²) in [4.78, 5) is 14.4. The molecule has 0 spiro atoms. The van der Waals surface area contributed by atoms with E-state index in [9.17, 15) is 9.90 Å². The molecule has 0 aliphatic carbocycles. The van der Waals surface area contributed by atoms with E-state index in [4.69, 9.17) is 4.74 Å². The first kappa shape index (κ1) is 13.4. The Morgan fingerprint density at radius 1 is 1.35 bits per heavy atom. The minimum atomic E-state index is 0.184. The maximum absolute atomic E-state index is 12.5. The Morgan fingerprint density at radius 3 is 2.95 bits per heavy atom. The Labute approximate surface area is 119 Å². The van der Waals surface area contributed by atoms with Crippen molar-refractivity contribution in [2.24, 2.45) is 5.92 Å². The third-order valence-electron chi connectivity index (χ3n) is 4.29. The van der Waals surface area contributed by atoms with Crippen LogP contribution in [0.15, 0.2) is 18.2 Å². The first-order valence-corrected chi connectivity index (χ1v) is 7.44. The lowest BCUT2D eigenvalue weighted by atomic mass is 9.94. The van der Waals surface area contributed by atoms with E-state index in [-0.39, 0.29) is 11.7 Å². The molecule has 1 N–H and O–H groups in total. The summed E-state index contributed by atoms with van der Waals surface area (Å²) in [6.07, 6.45) is 4.53. The Hall–Kier alpha value is -1.55. The number of phenols is 1. The first-order valence-electron chi connectivity index (χ1n) is 7.44. The number of fused-ring (bicyclic) bond motifs is 1. The lowest BCUT2D eigenvalue weighted by molar-refractivity contribution is -0.120. The number of hydrogen-bond acceptors (Lipinski definition) is 3. The number of phenolic OH excluding ortho intramolecular Hbond substituents is 1. The summed E-state index contributed by atoms with van der Waals surface area (Å²) in [5, 5.41) is 9.65. The average Bonchev–Trinajstić information content (AvgIpc) is 2.47. The van der Waals surface area contributed by atoms with Crippen LogP contribution in [0.1, 0.15) is 31.2 Å². The summed E-state index contributed by atoms with van der Waals surface area (Å²) < 4.78 is 5.34. The Morgan fingerprint density at radius 2 is 2.15 bits per heavy atom. The van der Waals surface area contributed by atoms with E-state index < -0.39 is 0 Å². The van der Waals surface area contributed by atoms with Crippen molar-refractivity contribution in [2.75, 3.05) is 24.7 Å². The molecule has 1 aromatic carbocycles. The van der Waals surface area contributed by atoms with Crippen LogP contribution in [0.3, 0.4) is 0 Å². The number of carbonyl (C=O) groups excluding carboxylic acids is 1. The zero-order valence-electron chi connectivity index (χ0n) is 11.7. The normalized spacial score (nSPS) is 19.7. The number of anilines is 1. The molecular formula is C16H21NO3. The van der Waals surface area contributed by atoms with E-state index in [1.54, 1.807) is 12.1 Å². The smallest absolute Gasteiger partial charge is 0.227 e. The number of ether oxygens (including phenoxy) is 1. The van der Waals surface area contributed by atoms with Gasteiger partial charge in [-0.25, -0.2) is 0 Å². The molecule has 3 rings (SSSR count). The van der Waals surface area contributed by atoms with E-state index in [0.717, 1.165) is 56.7 Å². The number of benzene rings is 1. The summed E-state index contributed by atoms with van der Waals surface area (Å²) in [7, 11) is 0. The molecule has 1 aromatic rings. The van der Waals surface area contributed by atoms with Gasteiger partial charge in [-0.15, -0.1) is 0 Å². The third-order valence-corrected chi connectivity index (χ3v) is 4.29. The number of hydrogen-bond donors (Lipinski definition) is 1. The lowest BCUT2D eigenvalue weighted by Gasteiger charge is -2.31. The van der Waals surface area contributed by atoms with Gasteiger partial charge in [-0.05, 0) is 43.2 Å². The van der Waals surface area contributed by atoms with Crippen LogP contribution in [-0.4, -0.2) is 30.8 Å². The van der Waals surface area contributed by atoms with E-state index in [2.05, 4.69) is 0 Å². The quantitative estimate of drug-likeness (QED) is 0.902. The maximum Gasteiger partial charge on any atom is 0.227 e. The van der Waals surface area contributed by atoms with Crippen LogP contribution >= 0.6 is 0 Å². The van der Waals surface area contributed by atoms with Gasteiger partial charge in [-0.1, -0.05) is 6.07 Å². The van der Waals surface area contributed by atoms with Gasteiger partial charge >= 0.3 is 0 Å². The first-order chi connectivity index (χ1) is 9.74. The van der Waals surface area contributed by atoms with E-state index in [0.29, 0.717) is 12.3 Å². The van der Waals surface area contributed by atoms with Gasteiger partial charge in [0.25, 0.3) is 0 Å². The van der Waals surface area contributed by atoms with Crippen molar-refractivity contribution in [1.82, 2.24) is 0 Å². The van der Waals surface area contributed by atoms with Gasteiger partial charge in [0, 0.05) is 32.2 Å². The highest BCUT2D eigenvalue weighted by Gasteiger charge is 2.26. The summed E-state index contributed by atoms with van der Waals surface area (Å²) >= 11 is 0. The summed E-state index contributed by atoms with van der Waals surface area (Å²) in [5.74, 6) is 0.858. The number of aromatic hydroxyl groups is 1. The second kappa shape index (κ2) is 5.83. The van der Waals surface area contributed by atoms with Crippen molar-refractivity contribution >= 4 is 11.6 Å². The van der Waals surface area contributed by atoms with Crippen LogP contribution in [0.4, 0.5) is 5.69 Å². The molecule has 0 saturated carbocycles. The van der Waals surface area contributed by atoms with Gasteiger partial charge in [-0.3, -0.25) is 4.79 Å². The molecule has 0 atom stereocenters. The van der Waals surface area contributed by atoms with Crippen molar-refractivity contribution in [3.63, 3.8) is 0 Å². The number of nitrogens with zero attached hydrogens (tertiary/aromatic N) is 1. The molecule has 0 radical (unpaired) electrons. The number of aryl methyl sites for hydroxylation is 1. The number of amides is 1. The molecule has 108 valence electrons. The molecule has 0 aromatic heterocycles. The fourth-order valence-electron chi connectivity index (χ4n) is 3.13. The molecule has 20 heavy (non-hydrogen) atoms. The van der Waals surface area contributed by atoms with Crippen molar-refractivity contribution < 1.29 is 14.6 Å². The van der Waals surface area contributed by atoms with Gasteiger partial charge in [0.2, 0.25) is 5.91 Å². The van der Waals surface area contributed by atoms with Crippen LogP contribution in [0, 0.1) is 5.92 Å². The molecule has 1 fully saturated rings. The largest absolute Gasteiger partial charge is 0.508 e. The standard InChI is InChI=1S/C16H21NO3/c18-14-4-3-13-2-1-7-17(15(13)11-14)16(19)10-12-5-8-20-9-6-12/h3-4,11-12,18H,1-2,5-10H2. The average molecular weight is 275 g/mol. The third kappa shape index (κ3) is 2.80. The molecule has 4 nitrogen and oxygen atoms in total. The second-order valence-electron chi connectivity index (χ2n) is 5.72. The minimum absolute atomic E-state index is 0.184. The zero-order valence-corrected chi connectivity index (χ0v) is 11.7. The highest BCUT2D eigenvalue weighted by atomic mass is 16.5. The topological polar surface area (TPSA) is 49.8 Å². The monoisotopic (exact) mass is 275 g/mol. The van der Waals surface area contributed by atoms with E-state index in [1.807, 2.05) is 11.0 Å². The Kier molecular flexibility index (Phi) is 3.92. The predicted octanol–water partition coefficient (Wildman–Crippen LogP) is 2.49. The molecule has 1 saturated heterocycles. The fraction of sp³-hybridized carbons (Fsp3) is 0.562. The molecule has 2 aliphatic rings. The lowest BCUT2D eigenvalue weighted by Crippen LogP contribution is -2.37. The van der Waals surface area contributed by atoms with Crippen LogP contribution in [0.25, 0.3) is 0 Å². The summed E-state index contributed by atoms with van der Waals surface area (Å²) in [5.41, 5.74) is 2.06. The van der Waals surface area contributed by atoms with Crippen LogP contribution in [0.2, 0.25) is 0 Å². The molecule has 2 heterocycles.